The Hall–Kier alpha value is -1.28. The van der Waals surface area contributed by atoms with Gasteiger partial charge < -0.3 is 15.2 Å². The zero-order chi connectivity index (χ0) is 15.4. The third-order valence-electron chi connectivity index (χ3n) is 3.86. The molecule has 1 fully saturated rings. The van der Waals surface area contributed by atoms with E-state index in [1.807, 2.05) is 6.92 Å². The van der Waals surface area contributed by atoms with E-state index in [2.05, 4.69) is 10.2 Å². The number of phenols is 1. The largest absolute Gasteiger partial charge is 0.504 e. The highest BCUT2D eigenvalue weighted by Gasteiger charge is 2.27. The Bertz CT molecular complexity index is 525. The Morgan fingerprint density at radius 2 is 2.00 bits per heavy atom. The van der Waals surface area contributed by atoms with Crippen molar-refractivity contribution in [2.24, 2.45) is 0 Å². The summed E-state index contributed by atoms with van der Waals surface area (Å²) in [6.45, 7) is 5.47. The average molecular weight is 368 g/mol. The summed E-state index contributed by atoms with van der Waals surface area (Å²) in [6.07, 6.45) is 0.762. The molecule has 0 radical (unpaired) electrons. The summed E-state index contributed by atoms with van der Waals surface area (Å²) in [4.78, 5) is 12.8. The van der Waals surface area contributed by atoms with E-state index in [4.69, 9.17) is 4.74 Å². The molecule has 0 bridgehead atoms. The standard InChI is InChI=1S/C14H21N3O4.2ClH/c1-3-12(16-6-4-15-5-7-16)11-8-10(17(19)20)9-13(21-2)14(11)18;;/h8-9,12,15,18H,3-7H2,1-2H3;2*1H/t12-;;/m1../s1. The minimum absolute atomic E-state index is 0. The van der Waals surface area contributed by atoms with E-state index in [-0.39, 0.29) is 48.0 Å². The van der Waals surface area contributed by atoms with Gasteiger partial charge in [0.1, 0.15) is 0 Å². The van der Waals surface area contributed by atoms with Crippen molar-refractivity contribution in [3.63, 3.8) is 0 Å². The Morgan fingerprint density at radius 3 is 2.48 bits per heavy atom. The maximum atomic E-state index is 11.1. The molecule has 2 N–H and O–H groups in total. The number of halogens is 2. The zero-order valence-electron chi connectivity index (χ0n) is 13.2. The van der Waals surface area contributed by atoms with Crippen LogP contribution in [0.5, 0.6) is 11.5 Å². The first-order valence-electron chi connectivity index (χ1n) is 7.08. The van der Waals surface area contributed by atoms with Crippen LogP contribution in [-0.4, -0.2) is 48.2 Å². The van der Waals surface area contributed by atoms with E-state index < -0.39 is 4.92 Å². The van der Waals surface area contributed by atoms with Crippen molar-refractivity contribution in [1.29, 1.82) is 0 Å². The Kier molecular flexibility index (Phi) is 9.23. The molecule has 9 heteroatoms. The number of rotatable bonds is 5. The first-order valence-corrected chi connectivity index (χ1v) is 7.08. The number of nitrogens with zero attached hydrogens (tertiary/aromatic N) is 2. The summed E-state index contributed by atoms with van der Waals surface area (Å²) in [7, 11) is 1.40. The van der Waals surface area contributed by atoms with Crippen molar-refractivity contribution in [2.45, 2.75) is 19.4 Å². The van der Waals surface area contributed by atoms with Crippen LogP contribution < -0.4 is 10.1 Å². The molecule has 1 aromatic rings. The van der Waals surface area contributed by atoms with Crippen LogP contribution in [0, 0.1) is 10.1 Å². The monoisotopic (exact) mass is 367 g/mol. The van der Waals surface area contributed by atoms with Gasteiger partial charge in [0.25, 0.3) is 5.69 Å². The molecule has 1 atom stereocenters. The van der Waals surface area contributed by atoms with Crippen LogP contribution in [0.4, 0.5) is 5.69 Å². The lowest BCUT2D eigenvalue weighted by Crippen LogP contribution is -2.45. The number of benzene rings is 1. The lowest BCUT2D eigenvalue weighted by Gasteiger charge is -2.35. The molecule has 132 valence electrons. The molecular formula is C14H23Cl2N3O4. The second-order valence-corrected chi connectivity index (χ2v) is 5.05. The van der Waals surface area contributed by atoms with Crippen LogP contribution in [0.3, 0.4) is 0 Å². The van der Waals surface area contributed by atoms with E-state index >= 15 is 0 Å². The molecule has 0 spiro atoms. The number of ether oxygens (including phenoxy) is 1. The molecule has 0 unspecified atom stereocenters. The van der Waals surface area contributed by atoms with Crippen molar-refractivity contribution in [3.05, 3.63) is 27.8 Å². The predicted octanol–water partition coefficient (Wildman–Crippen LogP) is 2.51. The van der Waals surface area contributed by atoms with Crippen LogP contribution in [0.15, 0.2) is 12.1 Å². The summed E-state index contributed by atoms with van der Waals surface area (Å²) in [5, 5.41) is 24.7. The van der Waals surface area contributed by atoms with Crippen molar-refractivity contribution in [3.8, 4) is 11.5 Å². The van der Waals surface area contributed by atoms with Gasteiger partial charge in [0.15, 0.2) is 11.5 Å². The normalized spacial score (nSPS) is 15.9. The smallest absolute Gasteiger partial charge is 0.273 e. The third-order valence-corrected chi connectivity index (χ3v) is 3.86. The lowest BCUT2D eigenvalue weighted by atomic mass is 9.99. The fourth-order valence-electron chi connectivity index (χ4n) is 2.80. The molecule has 23 heavy (non-hydrogen) atoms. The number of nitro benzene ring substituents is 1. The van der Waals surface area contributed by atoms with Gasteiger partial charge >= 0.3 is 0 Å². The van der Waals surface area contributed by atoms with Crippen molar-refractivity contribution in [1.82, 2.24) is 10.2 Å². The summed E-state index contributed by atoms with van der Waals surface area (Å²) in [5.41, 5.74) is 0.499. The second kappa shape index (κ2) is 9.77. The van der Waals surface area contributed by atoms with Crippen LogP contribution in [-0.2, 0) is 0 Å². The molecule has 1 aliphatic rings. The SMILES string of the molecule is CC[C@H](c1cc([N+](=O)[O-])cc(OC)c1O)N1CCNCC1.Cl.Cl. The molecule has 0 aromatic heterocycles. The van der Waals surface area contributed by atoms with Gasteiger partial charge in [-0.2, -0.15) is 0 Å². The maximum Gasteiger partial charge on any atom is 0.273 e. The second-order valence-electron chi connectivity index (χ2n) is 5.05. The van der Waals surface area contributed by atoms with Gasteiger partial charge in [-0.25, -0.2) is 0 Å². The maximum absolute atomic E-state index is 11.1. The number of non-ortho nitro benzene ring substituents is 1. The number of aromatic hydroxyl groups is 1. The number of nitrogens with one attached hydrogen (secondary N) is 1. The first-order chi connectivity index (χ1) is 10.1. The van der Waals surface area contributed by atoms with Gasteiger partial charge in [0.2, 0.25) is 0 Å². The molecule has 1 aromatic carbocycles. The van der Waals surface area contributed by atoms with Gasteiger partial charge in [-0.3, -0.25) is 15.0 Å². The van der Waals surface area contributed by atoms with Crippen LogP contribution in [0.1, 0.15) is 24.9 Å². The summed E-state index contributed by atoms with van der Waals surface area (Å²) in [5.74, 6) is 0.140. The van der Waals surface area contributed by atoms with Crippen molar-refractivity contribution >= 4 is 30.5 Å². The minimum atomic E-state index is -0.462. The van der Waals surface area contributed by atoms with Gasteiger partial charge in [0, 0.05) is 43.9 Å². The first kappa shape index (κ1) is 21.7. The van der Waals surface area contributed by atoms with E-state index in [1.165, 1.54) is 19.2 Å². The van der Waals surface area contributed by atoms with E-state index in [0.717, 1.165) is 32.6 Å². The Labute approximate surface area is 148 Å². The zero-order valence-corrected chi connectivity index (χ0v) is 14.8. The Morgan fingerprint density at radius 1 is 1.39 bits per heavy atom. The summed E-state index contributed by atoms with van der Waals surface area (Å²) < 4.78 is 5.07. The quantitative estimate of drug-likeness (QED) is 0.613. The summed E-state index contributed by atoms with van der Waals surface area (Å²) in [6, 6.07) is 2.65. The van der Waals surface area contributed by atoms with Gasteiger partial charge in [-0.1, -0.05) is 6.92 Å². The van der Waals surface area contributed by atoms with Crippen LogP contribution >= 0.6 is 24.8 Å². The molecule has 0 amide bonds. The minimum Gasteiger partial charge on any atom is -0.504 e. The highest BCUT2D eigenvalue weighted by atomic mass is 35.5. The molecule has 0 saturated carbocycles. The van der Waals surface area contributed by atoms with Gasteiger partial charge in [-0.15, -0.1) is 24.8 Å². The van der Waals surface area contributed by atoms with Crippen molar-refractivity contribution < 1.29 is 14.8 Å². The molecule has 2 rings (SSSR count). The van der Waals surface area contributed by atoms with Gasteiger partial charge in [0.05, 0.1) is 18.1 Å². The molecule has 7 nitrogen and oxygen atoms in total. The van der Waals surface area contributed by atoms with E-state index in [9.17, 15) is 15.2 Å². The number of nitro groups is 1. The fraction of sp³-hybridized carbons (Fsp3) is 0.571. The summed E-state index contributed by atoms with van der Waals surface area (Å²) >= 11 is 0. The average Bonchev–Trinajstić information content (AvgIpc) is 2.50. The number of phenolic OH excluding ortho intramolecular Hbond substituents is 1. The third kappa shape index (κ3) is 4.84. The number of piperazine rings is 1. The highest BCUT2D eigenvalue weighted by Crippen LogP contribution is 2.40. The lowest BCUT2D eigenvalue weighted by molar-refractivity contribution is -0.385. The molecule has 1 aliphatic heterocycles. The fourth-order valence-corrected chi connectivity index (χ4v) is 2.80. The number of hydrogen-bond donors (Lipinski definition) is 2. The van der Waals surface area contributed by atoms with E-state index in [1.54, 1.807) is 0 Å². The van der Waals surface area contributed by atoms with Crippen LogP contribution in [0.2, 0.25) is 0 Å². The van der Waals surface area contributed by atoms with Crippen LogP contribution in [0.25, 0.3) is 0 Å². The highest BCUT2D eigenvalue weighted by molar-refractivity contribution is 5.85. The van der Waals surface area contributed by atoms with Crippen molar-refractivity contribution in [2.75, 3.05) is 33.3 Å². The Balaban J connectivity index is 0.00000242. The topological polar surface area (TPSA) is 87.9 Å². The molecular weight excluding hydrogens is 345 g/mol. The molecule has 1 saturated heterocycles. The number of methoxy groups -OCH3 is 1. The molecule has 0 aliphatic carbocycles. The molecule has 1 heterocycles. The number of hydrogen-bond acceptors (Lipinski definition) is 6. The van der Waals surface area contributed by atoms with Gasteiger partial charge in [-0.05, 0) is 6.42 Å². The predicted molar refractivity (Wildman–Crippen MR) is 93.3 cm³/mol. The van der Waals surface area contributed by atoms with E-state index in [0.29, 0.717) is 5.56 Å².